The van der Waals surface area contributed by atoms with E-state index in [1.165, 1.54) is 49.5 Å². The number of nitrogens with two attached hydrogens (primary N) is 1. The summed E-state index contributed by atoms with van der Waals surface area (Å²) in [5.74, 6) is 1.11. The smallest absolute Gasteiger partial charge is 0.134 e. The second-order valence-electron chi connectivity index (χ2n) is 5.31. The summed E-state index contributed by atoms with van der Waals surface area (Å²) in [5.41, 5.74) is 7.81. The average molecular weight is 259 g/mol. The largest absolute Gasteiger partial charge is 0.461 e. The van der Waals surface area contributed by atoms with E-state index < -0.39 is 0 Å². The van der Waals surface area contributed by atoms with Crippen molar-refractivity contribution in [3.05, 3.63) is 35.6 Å². The summed E-state index contributed by atoms with van der Waals surface area (Å²) in [6.07, 6.45) is 9.00. The fraction of sp³-hybridized carbons (Fsp3) is 0.529. The van der Waals surface area contributed by atoms with Crippen molar-refractivity contribution in [3.63, 3.8) is 0 Å². The van der Waals surface area contributed by atoms with Crippen LogP contribution in [0.1, 0.15) is 56.8 Å². The third kappa shape index (κ3) is 4.10. The first kappa shape index (κ1) is 14.1. The molecule has 0 spiro atoms. The molecule has 2 nitrogen and oxygen atoms in total. The van der Waals surface area contributed by atoms with Crippen molar-refractivity contribution in [2.45, 2.75) is 58.4 Å². The molecular weight excluding hydrogens is 234 g/mol. The van der Waals surface area contributed by atoms with Crippen molar-refractivity contribution in [1.29, 1.82) is 0 Å². The molecule has 2 aromatic rings. The van der Waals surface area contributed by atoms with Crippen LogP contribution in [0.15, 0.2) is 28.7 Å². The first-order valence-corrected chi connectivity index (χ1v) is 7.55. The summed E-state index contributed by atoms with van der Waals surface area (Å²) in [4.78, 5) is 0. The molecule has 1 heterocycles. The van der Waals surface area contributed by atoms with Gasteiger partial charge in [0.15, 0.2) is 0 Å². The summed E-state index contributed by atoms with van der Waals surface area (Å²) in [6, 6.07) is 8.37. The van der Waals surface area contributed by atoms with Crippen LogP contribution >= 0.6 is 0 Å². The monoisotopic (exact) mass is 259 g/mol. The van der Waals surface area contributed by atoms with E-state index in [-0.39, 0.29) is 0 Å². The van der Waals surface area contributed by atoms with Gasteiger partial charge >= 0.3 is 0 Å². The molecule has 0 unspecified atom stereocenters. The van der Waals surface area contributed by atoms with Gasteiger partial charge in [-0.05, 0) is 30.2 Å². The summed E-state index contributed by atoms with van der Waals surface area (Å²) in [5, 5.41) is 1.18. The highest BCUT2D eigenvalue weighted by Crippen LogP contribution is 2.22. The molecule has 0 radical (unpaired) electrons. The zero-order valence-corrected chi connectivity index (χ0v) is 12.0. The highest BCUT2D eigenvalue weighted by Gasteiger charge is 2.04. The summed E-state index contributed by atoms with van der Waals surface area (Å²) < 4.78 is 5.85. The molecule has 0 aliphatic rings. The molecule has 0 saturated carbocycles. The van der Waals surface area contributed by atoms with Crippen molar-refractivity contribution in [2.24, 2.45) is 5.73 Å². The number of fused-ring (bicyclic) bond motifs is 1. The molecule has 2 rings (SSSR count). The number of benzene rings is 1. The molecule has 0 aliphatic heterocycles. The Hall–Kier alpha value is -1.28. The van der Waals surface area contributed by atoms with Crippen LogP contribution in [-0.4, -0.2) is 0 Å². The Kier molecular flexibility index (Phi) is 5.46. The van der Waals surface area contributed by atoms with Gasteiger partial charge in [0.1, 0.15) is 11.3 Å². The lowest BCUT2D eigenvalue weighted by Crippen LogP contribution is -1.94. The number of hydrogen-bond donors (Lipinski definition) is 1. The molecule has 1 aromatic heterocycles. The van der Waals surface area contributed by atoms with Crippen LogP contribution in [0.5, 0.6) is 0 Å². The number of unbranched alkanes of at least 4 members (excludes halogenated alkanes) is 5. The minimum Gasteiger partial charge on any atom is -0.461 e. The lowest BCUT2D eigenvalue weighted by Gasteiger charge is -1.98. The van der Waals surface area contributed by atoms with E-state index in [2.05, 4.69) is 19.1 Å². The second kappa shape index (κ2) is 7.34. The number of rotatable bonds is 8. The quantitative estimate of drug-likeness (QED) is 0.692. The van der Waals surface area contributed by atoms with E-state index >= 15 is 0 Å². The Balaban J connectivity index is 1.84. The average Bonchev–Trinajstić information content (AvgIpc) is 2.84. The highest BCUT2D eigenvalue weighted by atomic mass is 16.3. The Morgan fingerprint density at radius 2 is 1.79 bits per heavy atom. The normalized spacial score (nSPS) is 11.3. The third-order valence-electron chi connectivity index (χ3n) is 3.64. The van der Waals surface area contributed by atoms with E-state index in [9.17, 15) is 0 Å². The molecule has 0 saturated heterocycles. The predicted molar refractivity (Wildman–Crippen MR) is 81.2 cm³/mol. The van der Waals surface area contributed by atoms with Gasteiger partial charge in [-0.2, -0.15) is 0 Å². The number of aryl methyl sites for hydroxylation is 1. The van der Waals surface area contributed by atoms with Crippen LogP contribution < -0.4 is 5.73 Å². The van der Waals surface area contributed by atoms with E-state index in [1.807, 2.05) is 12.1 Å². The first-order valence-electron chi connectivity index (χ1n) is 7.55. The summed E-state index contributed by atoms with van der Waals surface area (Å²) >= 11 is 0. The van der Waals surface area contributed by atoms with Crippen LogP contribution in [-0.2, 0) is 13.0 Å². The van der Waals surface area contributed by atoms with Gasteiger partial charge in [0, 0.05) is 18.4 Å². The Bertz CT molecular complexity index is 501. The lowest BCUT2D eigenvalue weighted by atomic mass is 10.1. The maximum Gasteiger partial charge on any atom is 0.134 e. The lowest BCUT2D eigenvalue weighted by molar-refractivity contribution is 0.521. The SMILES string of the molecule is CCCCCCCCc1cc2cc(CN)ccc2o1. The fourth-order valence-corrected chi connectivity index (χ4v) is 2.48. The van der Waals surface area contributed by atoms with Crippen LogP contribution in [0.3, 0.4) is 0 Å². The van der Waals surface area contributed by atoms with E-state index in [0.717, 1.165) is 17.8 Å². The van der Waals surface area contributed by atoms with Gasteiger partial charge in [0.25, 0.3) is 0 Å². The molecule has 104 valence electrons. The molecule has 19 heavy (non-hydrogen) atoms. The number of furan rings is 1. The molecule has 2 heteroatoms. The zero-order valence-electron chi connectivity index (χ0n) is 12.0. The molecule has 0 fully saturated rings. The summed E-state index contributed by atoms with van der Waals surface area (Å²) in [6.45, 7) is 2.85. The number of hydrogen-bond acceptors (Lipinski definition) is 2. The van der Waals surface area contributed by atoms with Gasteiger partial charge in [-0.25, -0.2) is 0 Å². The first-order chi connectivity index (χ1) is 9.33. The van der Waals surface area contributed by atoms with Gasteiger partial charge in [0.05, 0.1) is 0 Å². The predicted octanol–water partition coefficient (Wildman–Crippen LogP) is 4.79. The van der Waals surface area contributed by atoms with Crippen LogP contribution in [0.4, 0.5) is 0 Å². The third-order valence-corrected chi connectivity index (χ3v) is 3.64. The molecule has 0 bridgehead atoms. The maximum atomic E-state index is 5.85. The molecule has 2 N–H and O–H groups in total. The van der Waals surface area contributed by atoms with Crippen molar-refractivity contribution in [2.75, 3.05) is 0 Å². The van der Waals surface area contributed by atoms with Gasteiger partial charge < -0.3 is 10.2 Å². The molecule has 0 aliphatic carbocycles. The van der Waals surface area contributed by atoms with Crippen molar-refractivity contribution >= 4 is 11.0 Å². The van der Waals surface area contributed by atoms with Gasteiger partial charge in [0.2, 0.25) is 0 Å². The van der Waals surface area contributed by atoms with E-state index in [1.54, 1.807) is 0 Å². The van der Waals surface area contributed by atoms with Crippen molar-refractivity contribution in [1.82, 2.24) is 0 Å². The maximum absolute atomic E-state index is 5.85. The van der Waals surface area contributed by atoms with Crippen molar-refractivity contribution < 1.29 is 4.42 Å². The van der Waals surface area contributed by atoms with E-state index in [0.29, 0.717) is 6.54 Å². The highest BCUT2D eigenvalue weighted by molar-refractivity contribution is 5.78. The summed E-state index contributed by atoms with van der Waals surface area (Å²) in [7, 11) is 0. The second-order valence-corrected chi connectivity index (χ2v) is 5.31. The Morgan fingerprint density at radius 1 is 1.00 bits per heavy atom. The van der Waals surface area contributed by atoms with Crippen LogP contribution in [0.2, 0.25) is 0 Å². The molecule has 0 atom stereocenters. The van der Waals surface area contributed by atoms with Gasteiger partial charge in [-0.3, -0.25) is 0 Å². The molecule has 1 aromatic carbocycles. The van der Waals surface area contributed by atoms with Crippen LogP contribution in [0, 0.1) is 0 Å². The van der Waals surface area contributed by atoms with Crippen molar-refractivity contribution in [3.8, 4) is 0 Å². The van der Waals surface area contributed by atoms with Crippen LogP contribution in [0.25, 0.3) is 11.0 Å². The van der Waals surface area contributed by atoms with Gasteiger partial charge in [-0.1, -0.05) is 45.1 Å². The Labute approximate surface area is 116 Å². The van der Waals surface area contributed by atoms with E-state index in [4.69, 9.17) is 10.2 Å². The Morgan fingerprint density at radius 3 is 2.58 bits per heavy atom. The topological polar surface area (TPSA) is 39.2 Å². The minimum atomic E-state index is 0.591. The molecular formula is C17H25NO. The fourth-order valence-electron chi connectivity index (χ4n) is 2.48. The zero-order chi connectivity index (χ0) is 13.5. The minimum absolute atomic E-state index is 0.591. The van der Waals surface area contributed by atoms with Gasteiger partial charge in [-0.15, -0.1) is 0 Å². The standard InChI is InChI=1S/C17H25NO/c1-2-3-4-5-6-7-8-16-12-15-11-14(13-18)9-10-17(15)19-16/h9-12H,2-8,13,18H2,1H3. The molecule has 0 amide bonds.